The largest absolute Gasteiger partial charge is 0.486 e. The molecule has 126 valence electrons. The van der Waals surface area contributed by atoms with E-state index in [1.165, 1.54) is 11.3 Å². The third kappa shape index (κ3) is 3.86. The maximum absolute atomic E-state index is 12.2. The molecule has 0 aliphatic carbocycles. The molecule has 3 rings (SSSR count). The first-order valence-corrected chi connectivity index (χ1v) is 8.45. The summed E-state index contributed by atoms with van der Waals surface area (Å²) in [5.74, 6) is 1.04. The highest BCUT2D eigenvalue weighted by Crippen LogP contribution is 2.30. The molecule has 1 aliphatic rings. The smallest absolute Gasteiger partial charge is 0.261 e. The number of rotatable bonds is 5. The van der Waals surface area contributed by atoms with Crippen LogP contribution in [0.15, 0.2) is 35.7 Å². The van der Waals surface area contributed by atoms with Gasteiger partial charge in [0, 0.05) is 13.6 Å². The average molecular weight is 346 g/mol. The Bertz CT molecular complexity index is 730. The number of benzene rings is 1. The van der Waals surface area contributed by atoms with Crippen LogP contribution in [0.5, 0.6) is 11.5 Å². The number of thiophene rings is 1. The number of nitrogens with one attached hydrogen (secondary N) is 1. The monoisotopic (exact) mass is 346 g/mol. The maximum Gasteiger partial charge on any atom is 0.261 e. The highest BCUT2D eigenvalue weighted by Gasteiger charge is 2.15. The lowest BCUT2D eigenvalue weighted by molar-refractivity contribution is -0.129. The molecule has 0 fully saturated rings. The van der Waals surface area contributed by atoms with Gasteiger partial charge >= 0.3 is 0 Å². The number of likely N-dealkylation sites (N-methyl/N-ethyl adjacent to an activating group) is 1. The molecule has 6 nitrogen and oxygen atoms in total. The highest BCUT2D eigenvalue weighted by molar-refractivity contribution is 7.12. The fourth-order valence-electron chi connectivity index (χ4n) is 2.33. The molecule has 1 N–H and O–H groups in total. The Morgan fingerprint density at radius 3 is 2.75 bits per heavy atom. The van der Waals surface area contributed by atoms with E-state index < -0.39 is 0 Å². The van der Waals surface area contributed by atoms with E-state index in [1.54, 1.807) is 24.1 Å². The van der Waals surface area contributed by atoms with Crippen molar-refractivity contribution in [1.82, 2.24) is 10.2 Å². The molecule has 0 unspecified atom stereocenters. The van der Waals surface area contributed by atoms with Gasteiger partial charge in [0.25, 0.3) is 5.91 Å². The summed E-state index contributed by atoms with van der Waals surface area (Å²) in [6.07, 6.45) is 0. The predicted molar refractivity (Wildman–Crippen MR) is 90.6 cm³/mol. The van der Waals surface area contributed by atoms with Crippen molar-refractivity contribution in [2.45, 2.75) is 6.54 Å². The minimum absolute atomic E-state index is 0.0300. The van der Waals surface area contributed by atoms with Gasteiger partial charge in [-0.3, -0.25) is 9.59 Å². The third-order valence-electron chi connectivity index (χ3n) is 3.60. The molecular formula is C17H18N2O4S. The van der Waals surface area contributed by atoms with Crippen molar-refractivity contribution >= 4 is 23.2 Å². The standard InChI is InChI=1S/C17H18N2O4S/c1-19(16(20)10-18-17(21)15-3-2-8-24-15)11-12-4-5-13-14(9-12)23-7-6-22-13/h2-5,8-9H,6-7,10-11H2,1H3,(H,18,21). The van der Waals surface area contributed by atoms with Gasteiger partial charge in [0.2, 0.25) is 5.91 Å². The summed E-state index contributed by atoms with van der Waals surface area (Å²) in [7, 11) is 1.70. The van der Waals surface area contributed by atoms with Gasteiger partial charge < -0.3 is 19.7 Å². The van der Waals surface area contributed by atoms with Crippen LogP contribution in [0.1, 0.15) is 15.2 Å². The zero-order chi connectivity index (χ0) is 16.9. The van der Waals surface area contributed by atoms with Gasteiger partial charge in [0.1, 0.15) is 13.2 Å². The van der Waals surface area contributed by atoms with E-state index in [9.17, 15) is 9.59 Å². The number of amides is 2. The number of carbonyl (C=O) groups excluding carboxylic acids is 2. The van der Waals surface area contributed by atoms with E-state index in [0.717, 1.165) is 11.3 Å². The number of nitrogens with zero attached hydrogens (tertiary/aromatic N) is 1. The van der Waals surface area contributed by atoms with Gasteiger partial charge in [-0.2, -0.15) is 0 Å². The summed E-state index contributed by atoms with van der Waals surface area (Å²) >= 11 is 1.34. The van der Waals surface area contributed by atoms with Crippen molar-refractivity contribution in [3.05, 3.63) is 46.2 Å². The van der Waals surface area contributed by atoms with Crippen LogP contribution >= 0.6 is 11.3 Å². The van der Waals surface area contributed by atoms with E-state index in [-0.39, 0.29) is 18.4 Å². The summed E-state index contributed by atoms with van der Waals surface area (Å²) < 4.78 is 11.0. The minimum Gasteiger partial charge on any atom is -0.486 e. The van der Waals surface area contributed by atoms with Crippen molar-refractivity contribution < 1.29 is 19.1 Å². The van der Waals surface area contributed by atoms with Gasteiger partial charge in [0.05, 0.1) is 11.4 Å². The fourth-order valence-corrected chi connectivity index (χ4v) is 2.97. The molecule has 1 aliphatic heterocycles. The molecule has 0 saturated heterocycles. The van der Waals surface area contributed by atoms with Gasteiger partial charge in [-0.05, 0) is 29.1 Å². The molecule has 7 heteroatoms. The highest BCUT2D eigenvalue weighted by atomic mass is 32.1. The van der Waals surface area contributed by atoms with E-state index in [1.807, 2.05) is 23.6 Å². The van der Waals surface area contributed by atoms with E-state index in [4.69, 9.17) is 9.47 Å². The second-order valence-corrected chi connectivity index (χ2v) is 6.34. The Morgan fingerprint density at radius 1 is 1.21 bits per heavy atom. The summed E-state index contributed by atoms with van der Waals surface area (Å²) in [5.41, 5.74) is 0.944. The van der Waals surface area contributed by atoms with Gasteiger partial charge in [-0.15, -0.1) is 11.3 Å². The first kappa shape index (κ1) is 16.3. The molecule has 0 bridgehead atoms. The maximum atomic E-state index is 12.2. The summed E-state index contributed by atoms with van der Waals surface area (Å²) in [6, 6.07) is 9.16. The number of hydrogen-bond acceptors (Lipinski definition) is 5. The van der Waals surface area contributed by atoms with Crippen LogP contribution < -0.4 is 14.8 Å². The molecule has 0 saturated carbocycles. The van der Waals surface area contributed by atoms with E-state index >= 15 is 0 Å². The zero-order valence-corrected chi connectivity index (χ0v) is 14.1. The van der Waals surface area contributed by atoms with Crippen LogP contribution in [0.2, 0.25) is 0 Å². The molecule has 0 spiro atoms. The SMILES string of the molecule is CN(Cc1ccc2c(c1)OCCO2)C(=O)CNC(=O)c1cccs1. The fraction of sp³-hybridized carbons (Fsp3) is 0.294. The molecule has 2 amide bonds. The average Bonchev–Trinajstić information content (AvgIpc) is 3.14. The van der Waals surface area contributed by atoms with E-state index in [0.29, 0.717) is 30.4 Å². The van der Waals surface area contributed by atoms with Crippen LogP contribution in [0.4, 0.5) is 0 Å². The van der Waals surface area contributed by atoms with Crippen LogP contribution in [0.3, 0.4) is 0 Å². The number of hydrogen-bond donors (Lipinski definition) is 1. The van der Waals surface area contributed by atoms with Gasteiger partial charge in [-0.1, -0.05) is 12.1 Å². The molecule has 2 heterocycles. The Kier molecular flexibility index (Phi) is 5.00. The third-order valence-corrected chi connectivity index (χ3v) is 4.47. The molecular weight excluding hydrogens is 328 g/mol. The summed E-state index contributed by atoms with van der Waals surface area (Å²) in [4.78, 5) is 26.2. The molecule has 2 aromatic rings. The first-order chi connectivity index (χ1) is 11.6. The van der Waals surface area contributed by atoms with Crippen LogP contribution in [0, 0.1) is 0 Å². The van der Waals surface area contributed by atoms with Crippen molar-refractivity contribution in [2.75, 3.05) is 26.8 Å². The van der Waals surface area contributed by atoms with Crippen LogP contribution in [-0.2, 0) is 11.3 Å². The lowest BCUT2D eigenvalue weighted by atomic mass is 10.2. The quantitative estimate of drug-likeness (QED) is 0.898. The molecule has 24 heavy (non-hydrogen) atoms. The van der Waals surface area contributed by atoms with Crippen molar-refractivity contribution in [3.63, 3.8) is 0 Å². The van der Waals surface area contributed by atoms with E-state index in [2.05, 4.69) is 5.32 Å². The first-order valence-electron chi connectivity index (χ1n) is 7.57. The summed E-state index contributed by atoms with van der Waals surface area (Å²) in [5, 5.41) is 4.46. The van der Waals surface area contributed by atoms with Gasteiger partial charge in [0.15, 0.2) is 11.5 Å². The Balaban J connectivity index is 1.53. The zero-order valence-electron chi connectivity index (χ0n) is 13.3. The molecule has 1 aromatic carbocycles. The van der Waals surface area contributed by atoms with Crippen LogP contribution in [0.25, 0.3) is 0 Å². The lowest BCUT2D eigenvalue weighted by Gasteiger charge is -2.21. The normalized spacial score (nSPS) is 12.5. The number of carbonyl (C=O) groups is 2. The van der Waals surface area contributed by atoms with Crippen molar-refractivity contribution in [1.29, 1.82) is 0 Å². The number of ether oxygens (including phenoxy) is 2. The minimum atomic E-state index is -0.230. The molecule has 0 atom stereocenters. The molecule has 1 aromatic heterocycles. The Morgan fingerprint density at radius 2 is 2.00 bits per heavy atom. The topological polar surface area (TPSA) is 67.9 Å². The Labute approximate surface area is 144 Å². The van der Waals surface area contributed by atoms with Crippen LogP contribution in [-0.4, -0.2) is 43.5 Å². The Hall–Kier alpha value is -2.54. The lowest BCUT2D eigenvalue weighted by Crippen LogP contribution is -2.37. The van der Waals surface area contributed by atoms with Crippen molar-refractivity contribution in [3.8, 4) is 11.5 Å². The summed E-state index contributed by atoms with van der Waals surface area (Å²) in [6.45, 7) is 1.48. The number of fused-ring (bicyclic) bond motifs is 1. The van der Waals surface area contributed by atoms with Crippen molar-refractivity contribution in [2.24, 2.45) is 0 Å². The molecule has 0 radical (unpaired) electrons. The second kappa shape index (κ2) is 7.35. The van der Waals surface area contributed by atoms with Gasteiger partial charge in [-0.25, -0.2) is 0 Å². The predicted octanol–water partition coefficient (Wildman–Crippen LogP) is 1.91. The second-order valence-electron chi connectivity index (χ2n) is 5.39.